The maximum absolute atomic E-state index is 13.7. The second kappa shape index (κ2) is 20.9. The third-order valence-corrected chi connectivity index (χ3v) is 12.4. The number of fused-ring (bicyclic) bond motifs is 2. The Morgan fingerprint density at radius 1 is 0.600 bits per heavy atom. The minimum absolute atomic E-state index is 0.0372. The Labute approximate surface area is 405 Å². The molecule has 5 heterocycles. The van der Waals surface area contributed by atoms with Crippen LogP contribution in [0, 0.1) is 23.7 Å². The van der Waals surface area contributed by atoms with Gasteiger partial charge in [0.15, 0.2) is 0 Å². The first-order valence-corrected chi connectivity index (χ1v) is 23.0. The highest BCUT2D eigenvalue weighted by molar-refractivity contribution is 6.04. The van der Waals surface area contributed by atoms with E-state index in [0.717, 1.165) is 48.4 Å². The quantitative estimate of drug-likeness (QED) is 0.192. The van der Waals surface area contributed by atoms with Crippen molar-refractivity contribution in [3.8, 4) is 35.2 Å². The topological polar surface area (TPSA) is 185 Å². The van der Waals surface area contributed by atoms with Gasteiger partial charge in [0.1, 0.15) is 48.4 Å². The summed E-state index contributed by atoms with van der Waals surface area (Å²) in [6, 6.07) is 28.5. The van der Waals surface area contributed by atoms with Gasteiger partial charge in [-0.05, 0) is 61.4 Å². The Balaban J connectivity index is 0.739. The molecule has 6 aromatic rings. The first-order valence-electron chi connectivity index (χ1n) is 23.0. The Bertz CT molecular complexity index is 2810. The molecule has 4 amide bonds. The lowest BCUT2D eigenvalue weighted by atomic mass is 10.1. The van der Waals surface area contributed by atoms with Gasteiger partial charge in [0.05, 0.1) is 37.6 Å². The van der Waals surface area contributed by atoms with E-state index in [9.17, 15) is 19.2 Å². The number of carbonyl (C=O) groups is 4. The van der Waals surface area contributed by atoms with Crippen LogP contribution >= 0.6 is 0 Å². The fourth-order valence-corrected chi connectivity index (χ4v) is 8.38. The largest absolute Gasteiger partial charge is 0.486 e. The molecule has 3 aliphatic rings. The predicted octanol–water partition coefficient (Wildman–Crippen LogP) is 3.07. The van der Waals surface area contributed by atoms with E-state index in [1.807, 2.05) is 84.9 Å². The van der Waals surface area contributed by atoms with Gasteiger partial charge in [-0.2, -0.15) is 0 Å². The van der Waals surface area contributed by atoms with E-state index in [1.54, 1.807) is 49.4 Å². The van der Waals surface area contributed by atoms with E-state index >= 15 is 0 Å². The number of benzene rings is 4. The van der Waals surface area contributed by atoms with Crippen molar-refractivity contribution in [1.82, 2.24) is 50.0 Å². The molecule has 1 fully saturated rings. The van der Waals surface area contributed by atoms with Crippen molar-refractivity contribution in [1.29, 1.82) is 0 Å². The zero-order valence-electron chi connectivity index (χ0n) is 39.3. The Morgan fingerprint density at radius 2 is 1.00 bits per heavy atom. The molecule has 1 saturated heterocycles. The number of nitrogens with zero attached hydrogens (tertiary/aromatic N) is 10. The number of carbonyl (C=O) groups excluding carboxylic acids is 4. The fourth-order valence-electron chi connectivity index (χ4n) is 8.38. The molecule has 0 radical (unpaired) electrons. The first-order chi connectivity index (χ1) is 33.9. The minimum Gasteiger partial charge on any atom is -0.486 e. The number of ether oxygens (including phenoxy) is 2. The number of anilines is 2. The molecule has 0 unspecified atom stereocenters. The summed E-state index contributed by atoms with van der Waals surface area (Å²) in [5, 5.41) is 14.2. The lowest BCUT2D eigenvalue weighted by molar-refractivity contribution is -0.122. The van der Waals surface area contributed by atoms with Crippen molar-refractivity contribution in [2.24, 2.45) is 0 Å². The van der Waals surface area contributed by atoms with Gasteiger partial charge in [-0.15, -0.1) is 10.2 Å². The highest BCUT2D eigenvalue weighted by atomic mass is 16.5. The summed E-state index contributed by atoms with van der Waals surface area (Å²) < 4.78 is 15.5. The maximum atomic E-state index is 13.7. The fraction of sp³-hybridized carbons (Fsp3) is 0.308. The molecule has 18 nitrogen and oxygen atoms in total. The van der Waals surface area contributed by atoms with Crippen molar-refractivity contribution < 1.29 is 28.7 Å². The van der Waals surface area contributed by atoms with E-state index in [2.05, 4.69) is 64.3 Å². The van der Waals surface area contributed by atoms with E-state index in [0.29, 0.717) is 49.1 Å². The molecule has 0 saturated carbocycles. The minimum atomic E-state index is -0.975. The number of rotatable bonds is 10. The molecule has 2 N–H and O–H groups in total. The lowest BCUT2D eigenvalue weighted by Crippen LogP contribution is -2.53. The van der Waals surface area contributed by atoms with Crippen LogP contribution in [0.2, 0.25) is 0 Å². The van der Waals surface area contributed by atoms with E-state index in [4.69, 9.17) is 9.47 Å². The second-order valence-electron chi connectivity index (χ2n) is 17.4. The van der Waals surface area contributed by atoms with Crippen LogP contribution in [0.5, 0.6) is 11.5 Å². The zero-order valence-corrected chi connectivity index (χ0v) is 39.3. The normalized spacial score (nSPS) is 19.1. The molecule has 4 aromatic carbocycles. The van der Waals surface area contributed by atoms with Crippen LogP contribution in [0.1, 0.15) is 57.3 Å². The van der Waals surface area contributed by atoms with E-state index in [1.165, 1.54) is 22.5 Å². The molecule has 2 aromatic heterocycles. The summed E-state index contributed by atoms with van der Waals surface area (Å²) in [6.07, 6.45) is 1.65. The predicted molar refractivity (Wildman–Crippen MR) is 260 cm³/mol. The third kappa shape index (κ3) is 10.8. The van der Waals surface area contributed by atoms with Crippen molar-refractivity contribution in [2.75, 3.05) is 63.2 Å². The van der Waals surface area contributed by atoms with Crippen LogP contribution in [-0.4, -0.2) is 141 Å². The van der Waals surface area contributed by atoms with Gasteiger partial charge in [-0.1, -0.05) is 84.3 Å². The van der Waals surface area contributed by atoms with Gasteiger partial charge in [0.25, 0.3) is 23.6 Å². The van der Waals surface area contributed by atoms with E-state index < -0.39 is 36.1 Å². The van der Waals surface area contributed by atoms with Gasteiger partial charge in [-0.3, -0.25) is 29.0 Å². The number of hydrogen-bond donors (Lipinski definition) is 2. The van der Waals surface area contributed by atoms with E-state index in [-0.39, 0.29) is 23.5 Å². The van der Waals surface area contributed by atoms with Gasteiger partial charge in [0.2, 0.25) is 11.6 Å². The molecular weight excluding hydrogens is 889 g/mol. The monoisotopic (exact) mass is 940 g/mol. The molecule has 9 rings (SSSR count). The molecule has 3 aliphatic heterocycles. The van der Waals surface area contributed by atoms with Crippen LogP contribution in [0.15, 0.2) is 110 Å². The third-order valence-electron chi connectivity index (χ3n) is 12.4. The second-order valence-corrected chi connectivity index (χ2v) is 17.4. The average molecular weight is 941 g/mol. The van der Waals surface area contributed by atoms with Gasteiger partial charge < -0.3 is 29.9 Å². The highest BCUT2D eigenvalue weighted by Gasteiger charge is 2.38. The van der Waals surface area contributed by atoms with Crippen LogP contribution in [0.3, 0.4) is 0 Å². The highest BCUT2D eigenvalue weighted by Crippen LogP contribution is 2.35. The number of hydrogen-bond acceptors (Lipinski definition) is 12. The van der Waals surface area contributed by atoms with Crippen molar-refractivity contribution in [3.05, 3.63) is 144 Å². The van der Waals surface area contributed by atoms with Crippen LogP contribution in [0.4, 0.5) is 11.4 Å². The van der Waals surface area contributed by atoms with Gasteiger partial charge in [0, 0.05) is 51.4 Å². The number of likely N-dealkylation sites (N-methyl/N-ethyl adjacent to an activating group) is 2. The number of aromatic nitrogens is 6. The Morgan fingerprint density at radius 3 is 1.40 bits per heavy atom. The summed E-state index contributed by atoms with van der Waals surface area (Å²) in [5.74, 6) is 12.2. The summed E-state index contributed by atoms with van der Waals surface area (Å²) in [7, 11) is 3.31. The summed E-state index contributed by atoms with van der Waals surface area (Å²) in [4.78, 5) is 69.8. The van der Waals surface area contributed by atoms with Crippen molar-refractivity contribution >= 4 is 35.0 Å². The average Bonchev–Trinajstić information content (AvgIpc) is 4.02. The number of amides is 4. The smallest absolute Gasteiger partial charge is 0.291 e. The molecular formula is C52H52N12O6. The van der Waals surface area contributed by atoms with Crippen LogP contribution in [-0.2, 0) is 22.7 Å². The van der Waals surface area contributed by atoms with Gasteiger partial charge in [-0.25, -0.2) is 19.3 Å². The Kier molecular flexibility index (Phi) is 14.0. The van der Waals surface area contributed by atoms with Crippen molar-refractivity contribution in [3.63, 3.8) is 0 Å². The molecule has 18 heteroatoms. The summed E-state index contributed by atoms with van der Waals surface area (Å²) >= 11 is 0. The molecule has 4 atom stereocenters. The van der Waals surface area contributed by atoms with Gasteiger partial charge >= 0.3 is 0 Å². The first kappa shape index (κ1) is 46.8. The maximum Gasteiger partial charge on any atom is 0.291 e. The molecule has 0 spiro atoms. The van der Waals surface area contributed by atoms with Crippen molar-refractivity contribution in [2.45, 2.75) is 51.2 Å². The standard InChI is InChI=1S/C52H52N12O6/c1-35-45(55-49(65)47-53-33-63(57-47)31-39-13-7-5-8-14-39)51(67)59(3)41-29-37(19-21-43(41)69-35)17-11-23-61-25-27-62(28-26-61)24-12-18-38-20-22-44-42(30-38)60(4)52(68)46(36(2)70-44)56-50(66)48-54-34-64(58-48)32-40-15-9-6-10-16-40/h5-10,13-16,19-22,29-30,33-36,45-46H,23-28,31-32H2,1-4H3,(H,55,65)(H,56,66)/t35-,36-,45+,46+/m1/s1. The molecule has 0 bridgehead atoms. The summed E-state index contributed by atoms with van der Waals surface area (Å²) in [6.45, 7) is 8.84. The Hall–Kier alpha value is -8.32. The van der Waals surface area contributed by atoms with Crippen LogP contribution in [0.25, 0.3) is 0 Å². The van der Waals surface area contributed by atoms with Crippen LogP contribution < -0.4 is 29.9 Å². The zero-order chi connectivity index (χ0) is 48.7. The number of nitrogens with one attached hydrogen (secondary N) is 2. The SMILES string of the molecule is C[C@H]1Oc2ccc(C#CCN3CCN(CC#Cc4ccc5c(c4)N(C)C(=O)[C@@H](NC(=O)c4ncn(Cc6ccccc6)n4)[C@@H](C)O5)CC3)cc2N(C)C(=O)[C@H]1NC(=O)c1ncn(Cc2ccccc2)n1. The molecule has 0 aliphatic carbocycles. The number of piperazine rings is 1. The lowest BCUT2D eigenvalue weighted by Gasteiger charge is -2.32. The molecule has 356 valence electrons. The summed E-state index contributed by atoms with van der Waals surface area (Å²) in [5.41, 5.74) is 4.62. The molecule has 70 heavy (non-hydrogen) atoms.